The molecule has 1 aromatic carbocycles. The van der Waals surface area contributed by atoms with Crippen LogP contribution in [0.1, 0.15) is 33.3 Å². The van der Waals surface area contributed by atoms with Gasteiger partial charge in [0.25, 0.3) is 0 Å². The Bertz CT molecular complexity index is 514. The molecule has 1 aromatic rings. The molecule has 0 radical (unpaired) electrons. The van der Waals surface area contributed by atoms with Crippen molar-refractivity contribution in [2.24, 2.45) is 5.73 Å². The van der Waals surface area contributed by atoms with Crippen LogP contribution in [0.5, 0.6) is 5.75 Å². The Morgan fingerprint density at radius 2 is 2.00 bits per heavy atom. The number of phenolic OH excluding ortho intramolecular Hbond substituents is 1. The molecule has 0 heterocycles. The van der Waals surface area contributed by atoms with Crippen LogP contribution in [0.15, 0.2) is 18.2 Å². The Hall–Kier alpha value is -1.82. The van der Waals surface area contributed by atoms with Crippen molar-refractivity contribution >= 4 is 6.09 Å². The molecule has 4 N–H and O–H groups in total. The standard InChI is InChI=1S/C15H23FN2O3/c1-14(2,3)21-13(20)18-9-15(4,8-17)10-6-5-7-11(16)12(10)19/h5-7,19H,8-9,17H2,1-4H3,(H,18,20). The van der Waals surface area contributed by atoms with Gasteiger partial charge in [0.2, 0.25) is 0 Å². The summed E-state index contributed by atoms with van der Waals surface area (Å²) in [4.78, 5) is 11.7. The number of para-hydroxylation sites is 1. The molecule has 0 bridgehead atoms. The summed E-state index contributed by atoms with van der Waals surface area (Å²) < 4.78 is 18.6. The first kappa shape index (κ1) is 17.2. The van der Waals surface area contributed by atoms with Crippen molar-refractivity contribution in [3.63, 3.8) is 0 Å². The van der Waals surface area contributed by atoms with Gasteiger partial charge in [0.1, 0.15) is 5.60 Å². The number of carbonyl (C=O) groups is 1. The number of amides is 1. The van der Waals surface area contributed by atoms with E-state index in [-0.39, 0.29) is 13.1 Å². The molecule has 0 aliphatic heterocycles. The van der Waals surface area contributed by atoms with Crippen molar-refractivity contribution < 1.29 is 19.0 Å². The largest absolute Gasteiger partial charge is 0.505 e. The van der Waals surface area contributed by atoms with E-state index in [2.05, 4.69) is 5.32 Å². The predicted molar refractivity (Wildman–Crippen MR) is 78.7 cm³/mol. The molecule has 6 heteroatoms. The third kappa shape index (κ3) is 4.60. The maximum atomic E-state index is 13.5. The van der Waals surface area contributed by atoms with Gasteiger partial charge in [-0.1, -0.05) is 19.1 Å². The summed E-state index contributed by atoms with van der Waals surface area (Å²) in [5.74, 6) is -1.17. The third-order valence-electron chi connectivity index (χ3n) is 3.11. The minimum absolute atomic E-state index is 0.120. The summed E-state index contributed by atoms with van der Waals surface area (Å²) in [5, 5.41) is 12.4. The van der Waals surface area contributed by atoms with Crippen LogP contribution in [0, 0.1) is 5.82 Å². The molecule has 1 unspecified atom stereocenters. The highest BCUT2D eigenvalue weighted by Gasteiger charge is 2.30. The average molecular weight is 298 g/mol. The maximum Gasteiger partial charge on any atom is 0.407 e. The first-order chi connectivity index (χ1) is 9.59. The van der Waals surface area contributed by atoms with E-state index in [1.54, 1.807) is 33.8 Å². The maximum absolute atomic E-state index is 13.5. The number of hydrogen-bond donors (Lipinski definition) is 3. The van der Waals surface area contributed by atoms with Crippen LogP contribution in [0.4, 0.5) is 9.18 Å². The van der Waals surface area contributed by atoms with Gasteiger partial charge in [-0.05, 0) is 26.8 Å². The molecule has 1 rings (SSSR count). The van der Waals surface area contributed by atoms with Gasteiger partial charge < -0.3 is 20.9 Å². The van der Waals surface area contributed by atoms with Crippen molar-refractivity contribution in [3.05, 3.63) is 29.6 Å². The van der Waals surface area contributed by atoms with Crippen molar-refractivity contribution in [2.45, 2.75) is 38.7 Å². The third-order valence-corrected chi connectivity index (χ3v) is 3.11. The molecule has 21 heavy (non-hydrogen) atoms. The molecule has 0 aromatic heterocycles. The van der Waals surface area contributed by atoms with Crippen LogP contribution in [-0.4, -0.2) is 29.9 Å². The fourth-order valence-corrected chi connectivity index (χ4v) is 1.86. The van der Waals surface area contributed by atoms with Gasteiger partial charge in [-0.15, -0.1) is 0 Å². The van der Waals surface area contributed by atoms with Crippen LogP contribution in [0.25, 0.3) is 0 Å². The van der Waals surface area contributed by atoms with E-state index in [4.69, 9.17) is 10.5 Å². The van der Waals surface area contributed by atoms with Crippen molar-refractivity contribution in [1.29, 1.82) is 0 Å². The van der Waals surface area contributed by atoms with Crippen molar-refractivity contribution in [2.75, 3.05) is 13.1 Å². The van der Waals surface area contributed by atoms with Crippen LogP contribution in [0.2, 0.25) is 0 Å². The van der Waals surface area contributed by atoms with E-state index < -0.39 is 28.7 Å². The van der Waals surface area contributed by atoms with E-state index in [1.165, 1.54) is 6.07 Å². The Kier molecular flexibility index (Phi) is 5.17. The van der Waals surface area contributed by atoms with Crippen molar-refractivity contribution in [3.8, 4) is 5.75 Å². The minimum atomic E-state index is -0.802. The average Bonchev–Trinajstić information content (AvgIpc) is 2.37. The van der Waals surface area contributed by atoms with Crippen molar-refractivity contribution in [1.82, 2.24) is 5.32 Å². The number of benzene rings is 1. The van der Waals surface area contributed by atoms with E-state index in [9.17, 15) is 14.3 Å². The van der Waals surface area contributed by atoms with E-state index in [1.807, 2.05) is 0 Å². The summed E-state index contributed by atoms with van der Waals surface area (Å²) >= 11 is 0. The Morgan fingerprint density at radius 1 is 1.38 bits per heavy atom. The zero-order chi connectivity index (χ0) is 16.3. The summed E-state index contributed by atoms with van der Waals surface area (Å²) in [7, 11) is 0. The quantitative estimate of drug-likeness (QED) is 0.796. The highest BCUT2D eigenvalue weighted by Crippen LogP contribution is 2.32. The van der Waals surface area contributed by atoms with Crippen LogP contribution in [0.3, 0.4) is 0 Å². The number of ether oxygens (including phenoxy) is 1. The van der Waals surface area contributed by atoms with E-state index in [0.717, 1.165) is 6.07 Å². The van der Waals surface area contributed by atoms with Gasteiger partial charge in [0.05, 0.1) is 0 Å². The fourth-order valence-electron chi connectivity index (χ4n) is 1.86. The smallest absolute Gasteiger partial charge is 0.407 e. The minimum Gasteiger partial charge on any atom is -0.505 e. The molecular formula is C15H23FN2O3. The molecule has 1 atom stereocenters. The summed E-state index contributed by atoms with van der Waals surface area (Å²) in [6.07, 6.45) is -0.585. The fraction of sp³-hybridized carbons (Fsp3) is 0.533. The van der Waals surface area contributed by atoms with Gasteiger partial charge >= 0.3 is 6.09 Å². The second-order valence-corrected chi connectivity index (χ2v) is 6.26. The van der Waals surface area contributed by atoms with Crippen LogP contribution in [-0.2, 0) is 10.2 Å². The van der Waals surface area contributed by atoms with E-state index in [0.29, 0.717) is 5.56 Å². The summed E-state index contributed by atoms with van der Waals surface area (Å²) in [6.45, 7) is 7.25. The highest BCUT2D eigenvalue weighted by atomic mass is 19.1. The number of nitrogens with one attached hydrogen (secondary N) is 1. The zero-order valence-electron chi connectivity index (χ0n) is 12.9. The first-order valence-corrected chi connectivity index (χ1v) is 6.74. The highest BCUT2D eigenvalue weighted by molar-refractivity contribution is 5.68. The lowest BCUT2D eigenvalue weighted by atomic mass is 9.81. The molecule has 0 saturated heterocycles. The number of aromatic hydroxyl groups is 1. The predicted octanol–water partition coefficient (Wildman–Crippen LogP) is 2.27. The molecule has 0 spiro atoms. The molecule has 0 saturated carbocycles. The number of hydrogen-bond acceptors (Lipinski definition) is 4. The molecule has 0 fully saturated rings. The molecule has 1 amide bonds. The van der Waals surface area contributed by atoms with Gasteiger partial charge in [0, 0.05) is 24.1 Å². The summed E-state index contributed by atoms with van der Waals surface area (Å²) in [6, 6.07) is 4.24. The number of phenols is 1. The first-order valence-electron chi connectivity index (χ1n) is 6.74. The van der Waals surface area contributed by atoms with Gasteiger partial charge in [0.15, 0.2) is 11.6 Å². The van der Waals surface area contributed by atoms with Gasteiger partial charge in [-0.3, -0.25) is 0 Å². The zero-order valence-corrected chi connectivity index (χ0v) is 12.9. The van der Waals surface area contributed by atoms with Gasteiger partial charge in [-0.25, -0.2) is 9.18 Å². The Labute approximate surface area is 124 Å². The summed E-state index contributed by atoms with van der Waals surface area (Å²) in [5.41, 5.74) is 4.68. The second-order valence-electron chi connectivity index (χ2n) is 6.26. The Morgan fingerprint density at radius 3 is 2.52 bits per heavy atom. The molecular weight excluding hydrogens is 275 g/mol. The van der Waals surface area contributed by atoms with Crippen LogP contribution < -0.4 is 11.1 Å². The lowest BCUT2D eigenvalue weighted by molar-refractivity contribution is 0.0516. The number of carbonyl (C=O) groups excluding carboxylic acids is 1. The SMILES string of the molecule is CC(C)(C)OC(=O)NCC(C)(CN)c1cccc(F)c1O. The van der Waals surface area contributed by atoms with Crippen LogP contribution >= 0.6 is 0 Å². The number of halogens is 1. The lowest BCUT2D eigenvalue weighted by Crippen LogP contribution is -2.45. The molecule has 0 aliphatic rings. The molecule has 5 nitrogen and oxygen atoms in total. The normalized spacial score (nSPS) is 14.4. The van der Waals surface area contributed by atoms with E-state index >= 15 is 0 Å². The topological polar surface area (TPSA) is 84.6 Å². The Balaban J connectivity index is 2.86. The lowest BCUT2D eigenvalue weighted by Gasteiger charge is -2.30. The number of alkyl carbamates (subject to hydrolysis) is 1. The number of nitrogens with two attached hydrogens (primary N) is 1. The second kappa shape index (κ2) is 6.30. The molecule has 0 aliphatic carbocycles. The number of rotatable bonds is 4. The molecule has 118 valence electrons. The van der Waals surface area contributed by atoms with Gasteiger partial charge in [-0.2, -0.15) is 0 Å². The monoisotopic (exact) mass is 298 g/mol.